The minimum absolute atomic E-state index is 0.757. The quantitative estimate of drug-likeness (QED) is 0.801. The lowest BCUT2D eigenvalue weighted by Gasteiger charge is -2.26. The van der Waals surface area contributed by atoms with Crippen molar-refractivity contribution >= 4 is 33.4 Å². The molecule has 0 heterocycles. The second-order valence-corrected chi connectivity index (χ2v) is 6.95. The standard InChI is InChI=1S/C13H18BrNS/c1-9-3-2-4-11(7-9)16-13-6-5-10(14)8-12(13)15/h5-6,8-9,11H,2-4,7,15H2,1H3. The van der Waals surface area contributed by atoms with Gasteiger partial charge in [-0.15, -0.1) is 11.8 Å². The van der Waals surface area contributed by atoms with E-state index in [2.05, 4.69) is 35.0 Å². The molecule has 1 fully saturated rings. The zero-order valence-corrected chi connectivity index (χ0v) is 12.0. The molecule has 0 radical (unpaired) electrons. The summed E-state index contributed by atoms with van der Waals surface area (Å²) in [4.78, 5) is 1.24. The summed E-state index contributed by atoms with van der Waals surface area (Å²) in [7, 11) is 0. The van der Waals surface area contributed by atoms with Gasteiger partial charge in [0.05, 0.1) is 0 Å². The van der Waals surface area contributed by atoms with E-state index >= 15 is 0 Å². The summed E-state index contributed by atoms with van der Waals surface area (Å²) >= 11 is 5.40. The minimum atomic E-state index is 0.757. The topological polar surface area (TPSA) is 26.0 Å². The van der Waals surface area contributed by atoms with Crippen molar-refractivity contribution in [1.29, 1.82) is 0 Å². The van der Waals surface area contributed by atoms with Crippen LogP contribution in [-0.2, 0) is 0 Å². The summed E-state index contributed by atoms with van der Waals surface area (Å²) in [5.74, 6) is 0.878. The molecule has 0 bridgehead atoms. The average Bonchev–Trinajstić information content (AvgIpc) is 2.22. The van der Waals surface area contributed by atoms with Crippen LogP contribution in [0.4, 0.5) is 5.69 Å². The number of hydrogen-bond acceptors (Lipinski definition) is 2. The maximum atomic E-state index is 6.02. The third kappa shape index (κ3) is 3.17. The predicted octanol–water partition coefficient (Wildman–Crippen LogP) is 4.70. The predicted molar refractivity (Wildman–Crippen MR) is 75.8 cm³/mol. The maximum absolute atomic E-state index is 6.02. The first-order valence-electron chi connectivity index (χ1n) is 5.87. The van der Waals surface area contributed by atoms with Gasteiger partial charge >= 0.3 is 0 Å². The molecule has 3 heteroatoms. The van der Waals surface area contributed by atoms with Gasteiger partial charge in [-0.2, -0.15) is 0 Å². The molecule has 0 amide bonds. The highest BCUT2D eigenvalue weighted by molar-refractivity contribution is 9.10. The van der Waals surface area contributed by atoms with Crippen molar-refractivity contribution in [2.45, 2.75) is 42.8 Å². The molecule has 0 saturated heterocycles. The van der Waals surface area contributed by atoms with Crippen LogP contribution in [0, 0.1) is 5.92 Å². The molecule has 2 unspecified atom stereocenters. The van der Waals surface area contributed by atoms with Gasteiger partial charge in [0, 0.05) is 20.3 Å². The lowest BCUT2D eigenvalue weighted by Crippen LogP contribution is -2.15. The summed E-state index contributed by atoms with van der Waals surface area (Å²) in [5, 5.41) is 0.757. The van der Waals surface area contributed by atoms with E-state index in [1.54, 1.807) is 0 Å². The maximum Gasteiger partial charge on any atom is 0.0463 e. The first-order valence-corrected chi connectivity index (χ1v) is 7.54. The number of thioether (sulfide) groups is 1. The Hall–Kier alpha value is -0.150. The Balaban J connectivity index is 2.02. The summed E-state index contributed by atoms with van der Waals surface area (Å²) in [6.07, 6.45) is 5.44. The average molecular weight is 300 g/mol. The van der Waals surface area contributed by atoms with Crippen molar-refractivity contribution in [2.24, 2.45) is 5.92 Å². The normalized spacial score (nSPS) is 25.6. The SMILES string of the molecule is CC1CCCC(Sc2ccc(Br)cc2N)C1. The lowest BCUT2D eigenvalue weighted by molar-refractivity contribution is 0.394. The van der Waals surface area contributed by atoms with E-state index in [1.165, 1.54) is 30.6 Å². The highest BCUT2D eigenvalue weighted by atomic mass is 79.9. The second-order valence-electron chi connectivity index (χ2n) is 4.69. The first kappa shape index (κ1) is 12.3. The molecular weight excluding hydrogens is 282 g/mol. The van der Waals surface area contributed by atoms with Gasteiger partial charge < -0.3 is 5.73 Å². The van der Waals surface area contributed by atoms with Crippen LogP contribution in [0.1, 0.15) is 32.6 Å². The van der Waals surface area contributed by atoms with Gasteiger partial charge in [-0.1, -0.05) is 35.7 Å². The minimum Gasteiger partial charge on any atom is -0.398 e. The Morgan fingerprint density at radius 2 is 2.19 bits per heavy atom. The number of hydrogen-bond donors (Lipinski definition) is 1. The van der Waals surface area contributed by atoms with Crippen LogP contribution >= 0.6 is 27.7 Å². The largest absolute Gasteiger partial charge is 0.398 e. The fraction of sp³-hybridized carbons (Fsp3) is 0.538. The van der Waals surface area contributed by atoms with Crippen molar-refractivity contribution in [2.75, 3.05) is 5.73 Å². The number of rotatable bonds is 2. The molecule has 1 nitrogen and oxygen atoms in total. The van der Waals surface area contributed by atoms with Gasteiger partial charge in [-0.3, -0.25) is 0 Å². The smallest absolute Gasteiger partial charge is 0.0463 e. The van der Waals surface area contributed by atoms with Crippen LogP contribution in [0.25, 0.3) is 0 Å². The molecule has 1 aromatic rings. The van der Waals surface area contributed by atoms with E-state index in [-0.39, 0.29) is 0 Å². The molecule has 2 N–H and O–H groups in total. The summed E-state index contributed by atoms with van der Waals surface area (Å²) < 4.78 is 1.06. The van der Waals surface area contributed by atoms with Crippen molar-refractivity contribution in [3.63, 3.8) is 0 Å². The molecule has 1 saturated carbocycles. The number of benzene rings is 1. The Bertz CT molecular complexity index is 367. The van der Waals surface area contributed by atoms with Crippen molar-refractivity contribution in [1.82, 2.24) is 0 Å². The Morgan fingerprint density at radius 3 is 2.88 bits per heavy atom. The Kier molecular flexibility index (Phi) is 4.20. The fourth-order valence-electron chi connectivity index (χ4n) is 2.29. The molecule has 0 aliphatic heterocycles. The van der Waals surface area contributed by atoms with Crippen LogP contribution in [-0.4, -0.2) is 5.25 Å². The molecule has 1 aliphatic carbocycles. The summed E-state index contributed by atoms with van der Waals surface area (Å²) in [5.41, 5.74) is 6.92. The molecule has 2 atom stereocenters. The van der Waals surface area contributed by atoms with E-state index in [0.29, 0.717) is 0 Å². The lowest BCUT2D eigenvalue weighted by atomic mass is 9.91. The van der Waals surface area contributed by atoms with Crippen LogP contribution in [0.3, 0.4) is 0 Å². The molecule has 0 aromatic heterocycles. The molecule has 1 aromatic carbocycles. The number of anilines is 1. The van der Waals surface area contributed by atoms with Gasteiger partial charge in [0.15, 0.2) is 0 Å². The number of nitrogen functional groups attached to an aromatic ring is 1. The molecule has 0 spiro atoms. The summed E-state index contributed by atoms with van der Waals surface area (Å²) in [6.45, 7) is 2.36. The van der Waals surface area contributed by atoms with Gasteiger partial charge in [0.2, 0.25) is 0 Å². The van der Waals surface area contributed by atoms with E-state index in [1.807, 2.05) is 17.8 Å². The zero-order chi connectivity index (χ0) is 11.5. The Labute approximate surface area is 110 Å². The first-order chi connectivity index (χ1) is 7.65. The van der Waals surface area contributed by atoms with E-state index in [0.717, 1.165) is 21.3 Å². The van der Waals surface area contributed by atoms with Crippen LogP contribution in [0.5, 0.6) is 0 Å². The number of halogens is 1. The summed E-state index contributed by atoms with van der Waals surface area (Å²) in [6, 6.07) is 6.20. The molecular formula is C13H18BrNS. The van der Waals surface area contributed by atoms with Gasteiger partial charge in [-0.05, 0) is 37.0 Å². The highest BCUT2D eigenvalue weighted by Gasteiger charge is 2.20. The highest BCUT2D eigenvalue weighted by Crippen LogP contribution is 2.38. The van der Waals surface area contributed by atoms with Crippen LogP contribution in [0.2, 0.25) is 0 Å². The molecule has 2 rings (SSSR count). The van der Waals surface area contributed by atoms with Crippen LogP contribution in [0.15, 0.2) is 27.6 Å². The van der Waals surface area contributed by atoms with Crippen molar-refractivity contribution < 1.29 is 0 Å². The molecule has 1 aliphatic rings. The molecule has 88 valence electrons. The number of nitrogens with two attached hydrogens (primary N) is 1. The van der Waals surface area contributed by atoms with Gasteiger partial charge in [0.25, 0.3) is 0 Å². The second kappa shape index (κ2) is 5.46. The van der Waals surface area contributed by atoms with E-state index < -0.39 is 0 Å². The monoisotopic (exact) mass is 299 g/mol. The third-order valence-corrected chi connectivity index (χ3v) is 5.03. The van der Waals surface area contributed by atoms with E-state index in [4.69, 9.17) is 5.73 Å². The zero-order valence-electron chi connectivity index (χ0n) is 9.58. The van der Waals surface area contributed by atoms with Crippen molar-refractivity contribution in [3.8, 4) is 0 Å². The molecule has 16 heavy (non-hydrogen) atoms. The Morgan fingerprint density at radius 1 is 1.38 bits per heavy atom. The van der Waals surface area contributed by atoms with Crippen molar-refractivity contribution in [3.05, 3.63) is 22.7 Å². The third-order valence-electron chi connectivity index (χ3n) is 3.15. The van der Waals surface area contributed by atoms with Crippen LogP contribution < -0.4 is 5.73 Å². The van der Waals surface area contributed by atoms with Gasteiger partial charge in [-0.25, -0.2) is 0 Å². The fourth-order valence-corrected chi connectivity index (χ4v) is 4.08. The van der Waals surface area contributed by atoms with Gasteiger partial charge in [0.1, 0.15) is 0 Å². The van der Waals surface area contributed by atoms with E-state index in [9.17, 15) is 0 Å².